The number of hydrogen-bond acceptors (Lipinski definition) is 2. The molecule has 0 aromatic heterocycles. The molecule has 0 amide bonds. The highest BCUT2D eigenvalue weighted by molar-refractivity contribution is 14.1. The summed E-state index contributed by atoms with van der Waals surface area (Å²) in [5.74, 6) is 0.831. The minimum atomic E-state index is -0.286. The zero-order valence-corrected chi connectivity index (χ0v) is 16.5. The topological polar surface area (TPSA) is 35.2 Å². The second kappa shape index (κ2) is 6.86. The number of hydrogen-bond donors (Lipinski definition) is 1. The van der Waals surface area contributed by atoms with Crippen molar-refractivity contribution in [1.29, 1.82) is 0 Å². The van der Waals surface area contributed by atoms with Gasteiger partial charge in [0.25, 0.3) is 0 Å². The lowest BCUT2D eigenvalue weighted by atomic mass is 9.93. The Hall–Kier alpha value is -0.300. The Bertz CT molecular complexity index is 690. The predicted octanol–water partition coefficient (Wildman–Crippen LogP) is 5.38. The smallest absolute Gasteiger partial charge is 0.127 e. The van der Waals surface area contributed by atoms with Gasteiger partial charge in [0.2, 0.25) is 0 Å². The first-order chi connectivity index (χ1) is 9.86. The highest BCUT2D eigenvalue weighted by atomic mass is 127. The molecule has 1 unspecified atom stereocenters. The minimum absolute atomic E-state index is 0.286. The molecule has 0 radical (unpaired) electrons. The van der Waals surface area contributed by atoms with Gasteiger partial charge in [0.05, 0.1) is 18.2 Å². The highest BCUT2D eigenvalue weighted by Crippen LogP contribution is 2.38. The maximum absolute atomic E-state index is 6.49. The molecule has 0 saturated carbocycles. The van der Waals surface area contributed by atoms with Crippen molar-refractivity contribution in [2.24, 2.45) is 5.73 Å². The largest absolute Gasteiger partial charge is 0.496 e. The fraction of sp³-hybridized carbons (Fsp3) is 0.250. The molecule has 0 saturated heterocycles. The number of nitrogens with two attached hydrogens (primary N) is 1. The van der Waals surface area contributed by atoms with Crippen molar-refractivity contribution in [1.82, 2.24) is 0 Å². The lowest BCUT2D eigenvalue weighted by Gasteiger charge is -2.22. The van der Waals surface area contributed by atoms with Crippen LogP contribution in [-0.2, 0) is 0 Å². The fourth-order valence-corrected chi connectivity index (χ4v) is 3.47. The van der Waals surface area contributed by atoms with Gasteiger partial charge in [-0.1, -0.05) is 33.6 Å². The molecule has 0 fully saturated rings. The molecule has 0 spiro atoms. The van der Waals surface area contributed by atoms with Crippen molar-refractivity contribution >= 4 is 50.1 Å². The van der Waals surface area contributed by atoms with Crippen LogP contribution in [0.1, 0.15) is 28.3 Å². The van der Waals surface area contributed by atoms with Crippen LogP contribution in [0.15, 0.2) is 28.7 Å². The maximum Gasteiger partial charge on any atom is 0.127 e. The Labute approximate surface area is 152 Å². The van der Waals surface area contributed by atoms with E-state index in [1.54, 1.807) is 7.11 Å². The van der Waals surface area contributed by atoms with Crippen LogP contribution < -0.4 is 10.5 Å². The molecule has 2 aromatic carbocycles. The van der Waals surface area contributed by atoms with Crippen LogP contribution >= 0.6 is 50.1 Å². The molecule has 0 bridgehead atoms. The van der Waals surface area contributed by atoms with Crippen molar-refractivity contribution in [2.75, 3.05) is 7.11 Å². The van der Waals surface area contributed by atoms with Gasteiger partial charge in [-0.2, -0.15) is 0 Å². The molecule has 21 heavy (non-hydrogen) atoms. The summed E-state index contributed by atoms with van der Waals surface area (Å²) < 4.78 is 7.62. The molecule has 1 atom stereocenters. The number of benzene rings is 2. The molecular weight excluding hydrogens is 464 g/mol. The third-order valence-corrected chi connectivity index (χ3v) is 5.92. The SMILES string of the molecule is COc1c(C)cc(Br)c(C)c1C(N)c1ccc(I)c(Cl)c1. The Kier molecular flexibility index (Phi) is 5.57. The highest BCUT2D eigenvalue weighted by Gasteiger charge is 2.21. The van der Waals surface area contributed by atoms with Crippen molar-refractivity contribution in [3.8, 4) is 5.75 Å². The van der Waals surface area contributed by atoms with Crippen molar-refractivity contribution < 1.29 is 4.74 Å². The molecule has 2 N–H and O–H groups in total. The van der Waals surface area contributed by atoms with Gasteiger partial charge in [0.1, 0.15) is 5.75 Å². The van der Waals surface area contributed by atoms with E-state index < -0.39 is 0 Å². The number of ether oxygens (including phenoxy) is 1. The number of halogens is 3. The molecule has 2 nitrogen and oxygen atoms in total. The zero-order valence-electron chi connectivity index (χ0n) is 12.0. The first-order valence-electron chi connectivity index (χ1n) is 6.41. The maximum atomic E-state index is 6.49. The second-order valence-corrected chi connectivity index (χ2v) is 7.32. The van der Waals surface area contributed by atoms with Crippen LogP contribution in [0.2, 0.25) is 5.02 Å². The van der Waals surface area contributed by atoms with Crippen LogP contribution in [0, 0.1) is 17.4 Å². The van der Waals surface area contributed by atoms with Crippen molar-refractivity contribution in [2.45, 2.75) is 19.9 Å². The average Bonchev–Trinajstić information content (AvgIpc) is 2.44. The van der Waals surface area contributed by atoms with Gasteiger partial charge in [-0.25, -0.2) is 0 Å². The van der Waals surface area contributed by atoms with Crippen LogP contribution in [0.5, 0.6) is 5.75 Å². The monoisotopic (exact) mass is 479 g/mol. The number of aryl methyl sites for hydroxylation is 1. The average molecular weight is 481 g/mol. The summed E-state index contributed by atoms with van der Waals surface area (Å²) >= 11 is 12.0. The molecule has 0 aliphatic carbocycles. The number of rotatable bonds is 3. The molecule has 112 valence electrons. The normalized spacial score (nSPS) is 12.3. The van der Waals surface area contributed by atoms with E-state index >= 15 is 0 Å². The summed E-state index contributed by atoms with van der Waals surface area (Å²) in [6, 6.07) is 7.66. The van der Waals surface area contributed by atoms with E-state index in [1.807, 2.05) is 38.1 Å². The van der Waals surface area contributed by atoms with E-state index in [0.717, 1.165) is 36.0 Å². The lowest BCUT2D eigenvalue weighted by Crippen LogP contribution is -2.15. The van der Waals surface area contributed by atoms with Crippen LogP contribution in [0.25, 0.3) is 0 Å². The Morgan fingerprint density at radius 2 is 1.95 bits per heavy atom. The van der Waals surface area contributed by atoms with Crippen LogP contribution in [0.4, 0.5) is 0 Å². The van der Waals surface area contributed by atoms with Gasteiger partial charge < -0.3 is 10.5 Å². The molecule has 5 heteroatoms. The second-order valence-electron chi connectivity index (χ2n) is 4.90. The van der Waals surface area contributed by atoms with Gasteiger partial charge in [-0.3, -0.25) is 0 Å². The van der Waals surface area contributed by atoms with Crippen LogP contribution in [-0.4, -0.2) is 7.11 Å². The summed E-state index contributed by atoms with van der Waals surface area (Å²) in [6.45, 7) is 4.05. The van der Waals surface area contributed by atoms with E-state index in [2.05, 4.69) is 38.5 Å². The molecule has 2 rings (SSSR count). The van der Waals surface area contributed by atoms with Gasteiger partial charge in [-0.15, -0.1) is 0 Å². The first-order valence-corrected chi connectivity index (χ1v) is 8.66. The van der Waals surface area contributed by atoms with Gasteiger partial charge in [0, 0.05) is 13.6 Å². The third-order valence-electron chi connectivity index (χ3n) is 3.53. The molecule has 0 aliphatic heterocycles. The summed E-state index contributed by atoms with van der Waals surface area (Å²) in [5, 5.41) is 0.715. The Balaban J connectivity index is 2.62. The molecule has 2 aromatic rings. The summed E-state index contributed by atoms with van der Waals surface area (Å²) in [4.78, 5) is 0. The summed E-state index contributed by atoms with van der Waals surface area (Å²) in [7, 11) is 1.67. The third kappa shape index (κ3) is 3.38. The Morgan fingerprint density at radius 1 is 1.29 bits per heavy atom. The lowest BCUT2D eigenvalue weighted by molar-refractivity contribution is 0.404. The summed E-state index contributed by atoms with van der Waals surface area (Å²) in [5.41, 5.74) is 10.6. The van der Waals surface area contributed by atoms with Crippen molar-refractivity contribution in [3.63, 3.8) is 0 Å². The molecule has 0 heterocycles. The quantitative estimate of drug-likeness (QED) is 0.599. The van der Waals surface area contributed by atoms with E-state index in [9.17, 15) is 0 Å². The van der Waals surface area contributed by atoms with E-state index in [-0.39, 0.29) is 6.04 Å². The van der Waals surface area contributed by atoms with E-state index in [1.165, 1.54) is 0 Å². The number of methoxy groups -OCH3 is 1. The fourth-order valence-electron chi connectivity index (χ4n) is 2.39. The van der Waals surface area contributed by atoms with Gasteiger partial charge >= 0.3 is 0 Å². The van der Waals surface area contributed by atoms with Gasteiger partial charge in [0.15, 0.2) is 0 Å². The minimum Gasteiger partial charge on any atom is -0.496 e. The molecular formula is C16H16BrClINO. The zero-order chi connectivity index (χ0) is 15.7. The van der Waals surface area contributed by atoms with Gasteiger partial charge in [-0.05, 0) is 71.3 Å². The Morgan fingerprint density at radius 3 is 2.52 bits per heavy atom. The van der Waals surface area contributed by atoms with Crippen LogP contribution in [0.3, 0.4) is 0 Å². The summed E-state index contributed by atoms with van der Waals surface area (Å²) in [6.07, 6.45) is 0. The van der Waals surface area contributed by atoms with E-state index in [0.29, 0.717) is 5.02 Å². The standard InChI is InChI=1S/C16H16BrClINO/c1-8-6-11(17)9(2)14(16(8)21-3)15(20)10-4-5-13(19)12(18)7-10/h4-7,15H,20H2,1-3H3. The molecule has 0 aliphatic rings. The van der Waals surface area contributed by atoms with Crippen molar-refractivity contribution in [3.05, 3.63) is 59.6 Å². The van der Waals surface area contributed by atoms with E-state index in [4.69, 9.17) is 22.1 Å². The first kappa shape index (κ1) is 17.1. The predicted molar refractivity (Wildman–Crippen MR) is 100 cm³/mol.